The van der Waals surface area contributed by atoms with Gasteiger partial charge in [-0.3, -0.25) is 9.59 Å². The van der Waals surface area contributed by atoms with Crippen molar-refractivity contribution >= 4 is 23.7 Å². The normalized spacial score (nSPS) is 12.0. The highest BCUT2D eigenvalue weighted by Crippen LogP contribution is 2.10. The number of hydrogen-bond donors (Lipinski definition) is 2. The maximum atomic E-state index is 12.0. The molecule has 0 unspecified atom stereocenters. The molecule has 0 aliphatic rings. The monoisotopic (exact) mass is 350 g/mol. The van der Waals surface area contributed by atoms with Crippen LogP contribution >= 0.6 is 0 Å². The highest BCUT2D eigenvalue weighted by atomic mass is 16.6. The Morgan fingerprint density at radius 1 is 1.20 bits per heavy atom. The lowest BCUT2D eigenvalue weighted by Crippen LogP contribution is -2.35. The summed E-state index contributed by atoms with van der Waals surface area (Å²) < 4.78 is 10.1. The first-order valence-corrected chi connectivity index (χ1v) is 8.10. The summed E-state index contributed by atoms with van der Waals surface area (Å²) in [5.41, 5.74) is 1.04. The molecule has 0 aliphatic heterocycles. The van der Waals surface area contributed by atoms with E-state index in [2.05, 4.69) is 10.6 Å². The summed E-state index contributed by atoms with van der Waals surface area (Å²) in [7, 11) is 0. The third-order valence-electron chi connectivity index (χ3n) is 2.96. The molecule has 0 bridgehead atoms. The molecule has 0 heterocycles. The third-order valence-corrected chi connectivity index (χ3v) is 2.96. The largest absolute Gasteiger partial charge is 0.452 e. The van der Waals surface area contributed by atoms with E-state index in [1.54, 1.807) is 26.8 Å². The lowest BCUT2D eigenvalue weighted by Gasteiger charge is -2.19. The second-order valence-electron chi connectivity index (χ2n) is 6.67. The Kier molecular flexibility index (Phi) is 7.42. The van der Waals surface area contributed by atoms with Crippen LogP contribution in [0.1, 0.15) is 39.7 Å². The van der Waals surface area contributed by atoms with E-state index >= 15 is 0 Å². The topological polar surface area (TPSA) is 93.7 Å². The second kappa shape index (κ2) is 9.05. The molecular formula is C18H26N2O5. The Labute approximate surface area is 148 Å². The van der Waals surface area contributed by atoms with Crippen LogP contribution < -0.4 is 10.6 Å². The fraction of sp³-hybridized carbons (Fsp3) is 0.500. The van der Waals surface area contributed by atoms with Crippen LogP contribution in [0.25, 0.3) is 0 Å². The molecule has 2 N–H and O–H groups in total. The Bertz CT molecular complexity index is 622. The van der Waals surface area contributed by atoms with Crippen LogP contribution in [0.15, 0.2) is 24.3 Å². The number of ether oxygens (including phenoxy) is 2. The van der Waals surface area contributed by atoms with Gasteiger partial charge in [-0.1, -0.05) is 12.1 Å². The van der Waals surface area contributed by atoms with E-state index in [0.29, 0.717) is 5.69 Å². The number of amides is 2. The maximum absolute atomic E-state index is 12.0. The molecule has 138 valence electrons. The zero-order valence-electron chi connectivity index (χ0n) is 15.3. The van der Waals surface area contributed by atoms with Gasteiger partial charge in [-0.2, -0.15) is 0 Å². The highest BCUT2D eigenvalue weighted by Gasteiger charge is 2.19. The molecule has 2 amide bonds. The van der Waals surface area contributed by atoms with Crippen molar-refractivity contribution in [2.24, 2.45) is 0 Å². The lowest BCUT2D eigenvalue weighted by atomic mass is 10.2. The number of alkyl carbamates (subject to hydrolysis) is 1. The van der Waals surface area contributed by atoms with Crippen LogP contribution in [0, 0.1) is 6.92 Å². The Morgan fingerprint density at radius 3 is 2.48 bits per heavy atom. The van der Waals surface area contributed by atoms with Crippen LogP contribution in [0.2, 0.25) is 0 Å². The lowest BCUT2D eigenvalue weighted by molar-refractivity contribution is -0.153. The van der Waals surface area contributed by atoms with Crippen molar-refractivity contribution < 1.29 is 23.9 Å². The average Bonchev–Trinajstić information content (AvgIpc) is 2.45. The van der Waals surface area contributed by atoms with E-state index < -0.39 is 29.7 Å². The summed E-state index contributed by atoms with van der Waals surface area (Å²) >= 11 is 0. The predicted octanol–water partition coefficient (Wildman–Crippen LogP) is 2.78. The Balaban J connectivity index is 2.33. The van der Waals surface area contributed by atoms with Gasteiger partial charge in [-0.05, 0) is 52.3 Å². The first-order chi connectivity index (χ1) is 11.6. The molecule has 0 spiro atoms. The Morgan fingerprint density at radius 2 is 1.88 bits per heavy atom. The molecule has 1 rings (SSSR count). The van der Waals surface area contributed by atoms with Crippen molar-refractivity contribution in [1.82, 2.24) is 5.32 Å². The van der Waals surface area contributed by atoms with Crippen LogP contribution in [0.3, 0.4) is 0 Å². The molecule has 7 heteroatoms. The smallest absolute Gasteiger partial charge is 0.407 e. The van der Waals surface area contributed by atoms with Gasteiger partial charge >= 0.3 is 12.1 Å². The van der Waals surface area contributed by atoms with E-state index in [9.17, 15) is 14.4 Å². The van der Waals surface area contributed by atoms with Crippen LogP contribution in [0.4, 0.5) is 10.5 Å². The standard InChI is InChI=1S/C18H26N2O5/c1-12-7-6-8-14(11-12)20-16(22)13(2)24-15(21)9-10-19-17(23)25-18(3,4)5/h6-8,11,13H,9-10H2,1-5H3,(H,19,23)(H,20,22)/t13-/m1/s1. The van der Waals surface area contributed by atoms with Crippen molar-refractivity contribution in [1.29, 1.82) is 0 Å². The summed E-state index contributed by atoms with van der Waals surface area (Å²) in [6.45, 7) is 8.71. The van der Waals surface area contributed by atoms with Gasteiger partial charge in [0.1, 0.15) is 5.60 Å². The number of nitrogens with one attached hydrogen (secondary N) is 2. The summed E-state index contributed by atoms with van der Waals surface area (Å²) in [6, 6.07) is 7.31. The minimum atomic E-state index is -0.936. The first-order valence-electron chi connectivity index (χ1n) is 8.10. The molecule has 0 aliphatic carbocycles. The fourth-order valence-corrected chi connectivity index (χ4v) is 1.86. The van der Waals surface area contributed by atoms with Gasteiger partial charge in [0, 0.05) is 12.2 Å². The second-order valence-corrected chi connectivity index (χ2v) is 6.67. The van der Waals surface area contributed by atoms with Crippen LogP contribution in [0.5, 0.6) is 0 Å². The number of aryl methyl sites for hydroxylation is 1. The molecule has 25 heavy (non-hydrogen) atoms. The van der Waals surface area contributed by atoms with Gasteiger partial charge in [-0.25, -0.2) is 4.79 Å². The van der Waals surface area contributed by atoms with Gasteiger partial charge in [0.2, 0.25) is 0 Å². The SMILES string of the molecule is Cc1cccc(NC(=O)[C@@H](C)OC(=O)CCNC(=O)OC(C)(C)C)c1. The number of esters is 1. The Hall–Kier alpha value is -2.57. The minimum Gasteiger partial charge on any atom is -0.452 e. The third kappa shape index (κ3) is 8.74. The number of benzene rings is 1. The number of carbonyl (C=O) groups excluding carboxylic acids is 3. The van der Waals surface area contributed by atoms with Gasteiger partial charge < -0.3 is 20.1 Å². The van der Waals surface area contributed by atoms with Crippen LogP contribution in [-0.4, -0.2) is 36.2 Å². The molecule has 0 radical (unpaired) electrons. The number of rotatable bonds is 6. The number of carbonyl (C=O) groups is 3. The molecule has 0 aromatic heterocycles. The summed E-state index contributed by atoms with van der Waals surface area (Å²) in [5, 5.41) is 5.14. The molecule has 0 fully saturated rings. The summed E-state index contributed by atoms with van der Waals surface area (Å²) in [5.74, 6) is -0.998. The van der Waals surface area contributed by atoms with Crippen molar-refractivity contribution in [3.63, 3.8) is 0 Å². The number of hydrogen-bond acceptors (Lipinski definition) is 5. The van der Waals surface area contributed by atoms with Crippen molar-refractivity contribution in [2.75, 3.05) is 11.9 Å². The summed E-state index contributed by atoms with van der Waals surface area (Å²) in [4.78, 5) is 35.2. The van der Waals surface area contributed by atoms with E-state index in [0.717, 1.165) is 5.56 Å². The van der Waals surface area contributed by atoms with Crippen molar-refractivity contribution in [3.8, 4) is 0 Å². The summed E-state index contributed by atoms with van der Waals surface area (Å²) in [6.07, 6.45) is -1.60. The van der Waals surface area contributed by atoms with Gasteiger partial charge in [0.05, 0.1) is 6.42 Å². The average molecular weight is 350 g/mol. The van der Waals surface area contributed by atoms with E-state index in [-0.39, 0.29) is 13.0 Å². The molecular weight excluding hydrogens is 324 g/mol. The zero-order valence-corrected chi connectivity index (χ0v) is 15.3. The highest BCUT2D eigenvalue weighted by molar-refractivity contribution is 5.95. The van der Waals surface area contributed by atoms with Gasteiger partial charge in [0.15, 0.2) is 6.10 Å². The molecule has 7 nitrogen and oxygen atoms in total. The van der Waals surface area contributed by atoms with Gasteiger partial charge in [-0.15, -0.1) is 0 Å². The van der Waals surface area contributed by atoms with Crippen LogP contribution in [-0.2, 0) is 19.1 Å². The van der Waals surface area contributed by atoms with E-state index in [1.165, 1.54) is 6.92 Å². The maximum Gasteiger partial charge on any atom is 0.407 e. The minimum absolute atomic E-state index is 0.0543. The quantitative estimate of drug-likeness (QED) is 0.770. The number of anilines is 1. The van der Waals surface area contributed by atoms with Gasteiger partial charge in [0.25, 0.3) is 5.91 Å². The van der Waals surface area contributed by atoms with E-state index in [4.69, 9.17) is 9.47 Å². The predicted molar refractivity (Wildman–Crippen MR) is 94.2 cm³/mol. The zero-order chi connectivity index (χ0) is 19.0. The fourth-order valence-electron chi connectivity index (χ4n) is 1.86. The molecule has 1 aromatic rings. The molecule has 0 saturated carbocycles. The van der Waals surface area contributed by atoms with Crippen molar-refractivity contribution in [3.05, 3.63) is 29.8 Å². The molecule has 1 atom stereocenters. The van der Waals surface area contributed by atoms with Crippen molar-refractivity contribution in [2.45, 2.75) is 52.7 Å². The molecule has 0 saturated heterocycles. The first kappa shape index (κ1) is 20.5. The van der Waals surface area contributed by atoms with E-state index in [1.807, 2.05) is 25.1 Å². The molecule has 1 aromatic carbocycles.